The van der Waals surface area contributed by atoms with Crippen LogP contribution in [0.1, 0.15) is 69.8 Å². The summed E-state index contributed by atoms with van der Waals surface area (Å²) >= 11 is 0. The molecule has 3 aromatic carbocycles. The summed E-state index contributed by atoms with van der Waals surface area (Å²) in [4.78, 5) is 13.2. The van der Waals surface area contributed by atoms with Crippen molar-refractivity contribution in [2.24, 2.45) is 0 Å². The van der Waals surface area contributed by atoms with Gasteiger partial charge in [0.2, 0.25) is 12.1 Å². The SMILES string of the molecule is C[C@H](OC(O[C@H](C)c1cc(C(F)(F)F)cc(C(F)(F)F)c1)C(=O)c1ccc(F)cc1)c1cc(C(F)(F)F)cc(C(F)(F)F)c1. The first-order valence-corrected chi connectivity index (χ1v) is 12.2. The van der Waals surface area contributed by atoms with E-state index < -0.39 is 88.2 Å². The molecule has 0 heterocycles. The fourth-order valence-corrected chi connectivity index (χ4v) is 3.86. The van der Waals surface area contributed by atoms with Crippen LogP contribution in [-0.4, -0.2) is 12.1 Å². The molecule has 0 saturated carbocycles. The van der Waals surface area contributed by atoms with E-state index in [4.69, 9.17) is 9.47 Å². The van der Waals surface area contributed by atoms with Gasteiger partial charge in [0.05, 0.1) is 34.5 Å². The Labute approximate surface area is 240 Å². The van der Waals surface area contributed by atoms with Crippen LogP contribution in [0.2, 0.25) is 0 Å². The largest absolute Gasteiger partial charge is 0.416 e. The molecule has 0 fully saturated rings. The van der Waals surface area contributed by atoms with Gasteiger partial charge in [0.15, 0.2) is 0 Å². The van der Waals surface area contributed by atoms with Gasteiger partial charge in [-0.15, -0.1) is 0 Å². The molecular weight excluding hydrogens is 631 g/mol. The highest BCUT2D eigenvalue weighted by Gasteiger charge is 2.39. The molecule has 3 nitrogen and oxygen atoms in total. The third-order valence-electron chi connectivity index (χ3n) is 6.16. The van der Waals surface area contributed by atoms with Crippen molar-refractivity contribution < 1.29 is 71.3 Å². The van der Waals surface area contributed by atoms with E-state index in [0.29, 0.717) is 24.3 Å². The molecule has 0 saturated heterocycles. The highest BCUT2D eigenvalue weighted by molar-refractivity contribution is 5.98. The number of hydrogen-bond donors (Lipinski definition) is 0. The van der Waals surface area contributed by atoms with Crippen LogP contribution >= 0.6 is 0 Å². The van der Waals surface area contributed by atoms with Gasteiger partial charge in [0.25, 0.3) is 0 Å². The predicted molar refractivity (Wildman–Crippen MR) is 126 cm³/mol. The number of ether oxygens (including phenoxy) is 2. The molecule has 0 radical (unpaired) electrons. The molecule has 0 N–H and O–H groups in total. The topological polar surface area (TPSA) is 35.5 Å². The first kappa shape index (κ1) is 34.8. The Hall–Kier alpha value is -3.66. The third kappa shape index (κ3) is 8.71. The van der Waals surface area contributed by atoms with Crippen molar-refractivity contribution in [2.45, 2.75) is 57.1 Å². The Kier molecular flexibility index (Phi) is 9.80. The standard InChI is InChI=1S/C28H19F13O3/c1-13(16-7-18(25(30,31)32)11-19(8-16)26(33,34)35)43-24(23(42)15-3-5-22(29)6-4-15)44-14(2)17-9-20(27(36,37)38)12-21(10-17)28(39,40)41/h3-14,24H,1-2H3/t13-,14+,24?. The molecule has 0 aliphatic rings. The van der Waals surface area contributed by atoms with Gasteiger partial charge in [-0.1, -0.05) is 0 Å². The van der Waals surface area contributed by atoms with E-state index in [2.05, 4.69) is 0 Å². The molecule has 3 rings (SSSR count). The van der Waals surface area contributed by atoms with Gasteiger partial charge in [0.1, 0.15) is 5.82 Å². The number of rotatable bonds is 8. The van der Waals surface area contributed by atoms with Crippen LogP contribution in [0, 0.1) is 5.82 Å². The van der Waals surface area contributed by atoms with Gasteiger partial charge in [-0.05, 0) is 85.6 Å². The van der Waals surface area contributed by atoms with Crippen LogP contribution in [0.25, 0.3) is 0 Å². The lowest BCUT2D eigenvalue weighted by molar-refractivity contribution is -0.164. The Bertz CT molecular complexity index is 1320. The summed E-state index contributed by atoms with van der Waals surface area (Å²) in [5.74, 6) is -2.05. The zero-order valence-electron chi connectivity index (χ0n) is 22.1. The van der Waals surface area contributed by atoms with E-state index in [0.717, 1.165) is 38.1 Å². The monoisotopic (exact) mass is 650 g/mol. The van der Waals surface area contributed by atoms with Gasteiger partial charge >= 0.3 is 24.7 Å². The summed E-state index contributed by atoms with van der Waals surface area (Å²) in [7, 11) is 0. The Morgan fingerprint density at radius 3 is 1.11 bits per heavy atom. The number of halogens is 13. The zero-order valence-corrected chi connectivity index (χ0v) is 22.1. The molecule has 3 atom stereocenters. The second-order valence-corrected chi connectivity index (χ2v) is 9.44. The Balaban J connectivity index is 2.07. The van der Waals surface area contributed by atoms with Crippen molar-refractivity contribution in [2.75, 3.05) is 0 Å². The predicted octanol–water partition coefficient (Wildman–Crippen LogP) is 9.97. The molecule has 16 heteroatoms. The average Bonchev–Trinajstić information content (AvgIpc) is 2.90. The van der Waals surface area contributed by atoms with E-state index in [1.165, 1.54) is 0 Å². The molecule has 0 aliphatic carbocycles. The van der Waals surface area contributed by atoms with Crippen LogP contribution in [0.4, 0.5) is 57.1 Å². The molecule has 0 aliphatic heterocycles. The van der Waals surface area contributed by atoms with Crippen LogP contribution in [-0.2, 0) is 34.2 Å². The number of carbonyl (C=O) groups is 1. The second kappa shape index (κ2) is 12.4. The first-order chi connectivity index (χ1) is 20.0. The fraction of sp³-hybridized carbons (Fsp3) is 0.321. The van der Waals surface area contributed by atoms with Crippen molar-refractivity contribution in [3.63, 3.8) is 0 Å². The summed E-state index contributed by atoms with van der Waals surface area (Å²) in [6, 6.07) is 4.23. The van der Waals surface area contributed by atoms with Crippen molar-refractivity contribution in [3.8, 4) is 0 Å². The minimum Gasteiger partial charge on any atom is -0.338 e. The van der Waals surface area contributed by atoms with E-state index in [1.807, 2.05) is 0 Å². The lowest BCUT2D eigenvalue weighted by Gasteiger charge is -2.27. The Morgan fingerprint density at radius 1 is 0.545 bits per heavy atom. The smallest absolute Gasteiger partial charge is 0.338 e. The first-order valence-electron chi connectivity index (χ1n) is 12.2. The highest BCUT2D eigenvalue weighted by Crippen LogP contribution is 2.40. The summed E-state index contributed by atoms with van der Waals surface area (Å²) in [6.07, 6.45) is -26.9. The zero-order chi connectivity index (χ0) is 33.4. The normalized spacial score (nSPS) is 15.2. The van der Waals surface area contributed by atoms with Gasteiger partial charge in [-0.3, -0.25) is 4.79 Å². The van der Waals surface area contributed by atoms with E-state index >= 15 is 0 Å². The summed E-state index contributed by atoms with van der Waals surface area (Å²) in [6.45, 7) is 1.86. The Morgan fingerprint density at radius 2 is 0.841 bits per heavy atom. The van der Waals surface area contributed by atoms with Crippen LogP contribution in [0.15, 0.2) is 60.7 Å². The molecule has 0 amide bonds. The van der Waals surface area contributed by atoms with Crippen LogP contribution < -0.4 is 0 Å². The maximum atomic E-state index is 13.4. The molecule has 44 heavy (non-hydrogen) atoms. The van der Waals surface area contributed by atoms with Gasteiger partial charge in [-0.25, -0.2) is 4.39 Å². The molecule has 240 valence electrons. The lowest BCUT2D eigenvalue weighted by atomic mass is 10.0. The average molecular weight is 650 g/mol. The minimum atomic E-state index is -5.25. The number of carbonyl (C=O) groups excluding carboxylic acids is 1. The maximum Gasteiger partial charge on any atom is 0.416 e. The van der Waals surface area contributed by atoms with Gasteiger partial charge in [0, 0.05) is 5.56 Å². The van der Waals surface area contributed by atoms with Crippen molar-refractivity contribution in [3.05, 3.63) is 105 Å². The number of ketones is 1. The summed E-state index contributed by atoms with van der Waals surface area (Å²) < 4.78 is 184. The third-order valence-corrected chi connectivity index (χ3v) is 6.16. The molecule has 0 aromatic heterocycles. The summed E-state index contributed by atoms with van der Waals surface area (Å²) in [5, 5.41) is 0. The van der Waals surface area contributed by atoms with Crippen LogP contribution in [0.3, 0.4) is 0 Å². The maximum absolute atomic E-state index is 13.4. The number of benzene rings is 3. The highest BCUT2D eigenvalue weighted by atomic mass is 19.4. The molecule has 0 bridgehead atoms. The molecule has 1 unspecified atom stereocenters. The number of hydrogen-bond acceptors (Lipinski definition) is 3. The summed E-state index contributed by atoms with van der Waals surface area (Å²) in [5.41, 5.74) is -8.78. The minimum absolute atomic E-state index is 0.165. The lowest BCUT2D eigenvalue weighted by Crippen LogP contribution is -2.30. The second-order valence-electron chi connectivity index (χ2n) is 9.44. The number of Topliss-reactive ketones (excluding diaryl/α,β-unsaturated/α-hetero) is 1. The van der Waals surface area contributed by atoms with Gasteiger partial charge < -0.3 is 9.47 Å². The number of alkyl halides is 12. The molecule has 3 aromatic rings. The molecule has 0 spiro atoms. The quantitative estimate of drug-likeness (QED) is 0.138. The fourth-order valence-electron chi connectivity index (χ4n) is 3.86. The van der Waals surface area contributed by atoms with Crippen molar-refractivity contribution in [1.29, 1.82) is 0 Å². The van der Waals surface area contributed by atoms with Crippen molar-refractivity contribution >= 4 is 5.78 Å². The van der Waals surface area contributed by atoms with Gasteiger partial charge in [-0.2, -0.15) is 52.7 Å². The van der Waals surface area contributed by atoms with Crippen molar-refractivity contribution in [1.82, 2.24) is 0 Å². The van der Waals surface area contributed by atoms with E-state index in [9.17, 15) is 61.9 Å². The van der Waals surface area contributed by atoms with E-state index in [-0.39, 0.29) is 17.7 Å². The van der Waals surface area contributed by atoms with Crippen LogP contribution in [0.5, 0.6) is 0 Å². The molecular formula is C28H19F13O3. The van der Waals surface area contributed by atoms with E-state index in [1.54, 1.807) is 0 Å².